The van der Waals surface area contributed by atoms with Gasteiger partial charge in [-0.2, -0.15) is 5.26 Å². The minimum absolute atomic E-state index is 0.444. The maximum atomic E-state index is 9.34. The quantitative estimate of drug-likeness (QED) is 0.890. The van der Waals surface area contributed by atoms with Crippen LogP contribution in [-0.4, -0.2) is 11.6 Å². The van der Waals surface area contributed by atoms with Crippen LogP contribution in [0.5, 0.6) is 0 Å². The van der Waals surface area contributed by atoms with E-state index in [1.54, 1.807) is 49.0 Å². The van der Waals surface area contributed by atoms with Gasteiger partial charge in [0.25, 0.3) is 0 Å². The van der Waals surface area contributed by atoms with Gasteiger partial charge in [-0.1, -0.05) is 11.6 Å². The number of nitrogens with two attached hydrogens (primary N) is 1. The van der Waals surface area contributed by atoms with E-state index in [-0.39, 0.29) is 0 Å². The van der Waals surface area contributed by atoms with Crippen molar-refractivity contribution in [1.29, 1.82) is 5.26 Å². The lowest BCUT2D eigenvalue weighted by Gasteiger charge is -2.11. The Balaban J connectivity index is 2.75. The van der Waals surface area contributed by atoms with Crippen molar-refractivity contribution < 1.29 is 0 Å². The van der Waals surface area contributed by atoms with Gasteiger partial charge in [0, 0.05) is 25.2 Å². The molecule has 0 bridgehead atoms. The van der Waals surface area contributed by atoms with Crippen molar-refractivity contribution in [3.05, 3.63) is 46.4 Å². The van der Waals surface area contributed by atoms with Gasteiger partial charge in [-0.3, -0.25) is 0 Å². The number of nitrogens with one attached hydrogen (secondary N) is 1. The molecule has 0 atom stereocenters. The number of halogens is 1. The van der Waals surface area contributed by atoms with Gasteiger partial charge in [-0.15, -0.1) is 0 Å². The van der Waals surface area contributed by atoms with Crippen LogP contribution in [0.15, 0.2) is 35.3 Å². The number of anilines is 2. The number of hydrogen-bond donors (Lipinski definition) is 2. The molecular formula is C14H14ClN5. The fourth-order valence-corrected chi connectivity index (χ4v) is 1.93. The average Bonchev–Trinajstić information content (AvgIpc) is 2.45. The van der Waals surface area contributed by atoms with Gasteiger partial charge >= 0.3 is 0 Å². The minimum atomic E-state index is 0.444. The molecule has 0 aliphatic rings. The summed E-state index contributed by atoms with van der Waals surface area (Å²) in [6.45, 7) is 0. The first-order valence-corrected chi connectivity index (χ1v) is 6.32. The van der Waals surface area contributed by atoms with Crippen molar-refractivity contribution >= 4 is 28.8 Å². The predicted molar refractivity (Wildman–Crippen MR) is 80.8 cm³/mol. The lowest BCUT2D eigenvalue weighted by molar-refractivity contribution is 0.844. The third kappa shape index (κ3) is 2.60. The third-order valence-corrected chi connectivity index (χ3v) is 3.18. The van der Waals surface area contributed by atoms with Crippen molar-refractivity contribution in [1.82, 2.24) is 4.57 Å². The van der Waals surface area contributed by atoms with E-state index in [1.807, 2.05) is 0 Å². The first-order chi connectivity index (χ1) is 9.56. The zero-order valence-electron chi connectivity index (χ0n) is 11.2. The van der Waals surface area contributed by atoms with E-state index >= 15 is 0 Å². The molecule has 0 saturated carbocycles. The van der Waals surface area contributed by atoms with E-state index < -0.39 is 0 Å². The summed E-state index contributed by atoms with van der Waals surface area (Å²) in [5, 5.41) is 12.9. The lowest BCUT2D eigenvalue weighted by Crippen LogP contribution is -2.25. The second kappa shape index (κ2) is 5.68. The number of benzene rings is 1. The van der Waals surface area contributed by atoms with E-state index in [9.17, 15) is 5.26 Å². The maximum absolute atomic E-state index is 9.34. The standard InChI is InChI=1S/C14H14ClN5/c1-18-12-7-13(17)20(2)14(11(12)8-16)19-10-5-3-9(15)4-6-10/h3-7,18H,17H2,1-2H3. The number of nitrogens with zero attached hydrogens (tertiary/aromatic N) is 3. The van der Waals surface area contributed by atoms with Crippen LogP contribution >= 0.6 is 11.6 Å². The molecule has 1 aromatic carbocycles. The van der Waals surface area contributed by atoms with Crippen LogP contribution in [0.1, 0.15) is 5.56 Å². The summed E-state index contributed by atoms with van der Waals surface area (Å²) in [6, 6.07) is 10.9. The van der Waals surface area contributed by atoms with Gasteiger partial charge in [-0.25, -0.2) is 4.99 Å². The number of pyridine rings is 1. The molecule has 20 heavy (non-hydrogen) atoms. The summed E-state index contributed by atoms with van der Waals surface area (Å²) in [5.41, 5.74) is 8.23. The van der Waals surface area contributed by atoms with Crippen LogP contribution < -0.4 is 16.5 Å². The van der Waals surface area contributed by atoms with Gasteiger partial charge in [0.05, 0.1) is 11.4 Å². The largest absolute Gasteiger partial charge is 0.387 e. The number of rotatable bonds is 2. The Bertz CT molecular complexity index is 738. The molecule has 0 amide bonds. The molecule has 5 nitrogen and oxygen atoms in total. The van der Waals surface area contributed by atoms with E-state index in [1.165, 1.54) is 0 Å². The Hall–Kier alpha value is -2.45. The number of hydrogen-bond acceptors (Lipinski definition) is 4. The monoisotopic (exact) mass is 287 g/mol. The van der Waals surface area contributed by atoms with Crippen molar-refractivity contribution in [3.63, 3.8) is 0 Å². The molecule has 0 aliphatic carbocycles. The smallest absolute Gasteiger partial charge is 0.154 e. The highest BCUT2D eigenvalue weighted by atomic mass is 35.5. The molecule has 0 unspecified atom stereocenters. The summed E-state index contributed by atoms with van der Waals surface area (Å²) in [5.74, 6) is 0.515. The number of nitrogen functional groups attached to an aromatic ring is 1. The summed E-state index contributed by atoms with van der Waals surface area (Å²) in [4.78, 5) is 4.48. The molecule has 1 heterocycles. The Morgan fingerprint density at radius 2 is 2.00 bits per heavy atom. The van der Waals surface area contributed by atoms with Crippen LogP contribution in [0.2, 0.25) is 5.02 Å². The van der Waals surface area contributed by atoms with Crippen LogP contribution in [0.25, 0.3) is 0 Å². The molecule has 2 aromatic rings. The van der Waals surface area contributed by atoms with Gasteiger partial charge in [0.1, 0.15) is 17.5 Å². The van der Waals surface area contributed by atoms with Gasteiger partial charge in [0.2, 0.25) is 0 Å². The van der Waals surface area contributed by atoms with Crippen LogP contribution in [0.3, 0.4) is 0 Å². The zero-order valence-corrected chi connectivity index (χ0v) is 11.9. The second-order valence-corrected chi connectivity index (χ2v) is 4.63. The maximum Gasteiger partial charge on any atom is 0.154 e. The Kier molecular flexibility index (Phi) is 3.97. The molecule has 0 spiro atoms. The second-order valence-electron chi connectivity index (χ2n) is 4.19. The average molecular weight is 288 g/mol. The van der Waals surface area contributed by atoms with Gasteiger partial charge in [-0.05, 0) is 24.3 Å². The summed E-state index contributed by atoms with van der Waals surface area (Å²) in [6.07, 6.45) is 0. The molecule has 0 fully saturated rings. The van der Waals surface area contributed by atoms with Crippen molar-refractivity contribution in [2.45, 2.75) is 0 Å². The minimum Gasteiger partial charge on any atom is -0.387 e. The highest BCUT2D eigenvalue weighted by Gasteiger charge is 2.08. The van der Waals surface area contributed by atoms with Gasteiger partial charge < -0.3 is 15.6 Å². The van der Waals surface area contributed by atoms with Crippen molar-refractivity contribution in [2.75, 3.05) is 18.1 Å². The highest BCUT2D eigenvalue weighted by Crippen LogP contribution is 2.18. The first kappa shape index (κ1) is 14.0. The summed E-state index contributed by atoms with van der Waals surface area (Å²) in [7, 11) is 3.51. The lowest BCUT2D eigenvalue weighted by atomic mass is 10.2. The first-order valence-electron chi connectivity index (χ1n) is 5.94. The number of aromatic nitrogens is 1. The molecule has 0 aliphatic heterocycles. The van der Waals surface area contributed by atoms with Crippen molar-refractivity contribution in [2.24, 2.45) is 12.0 Å². The molecule has 2 rings (SSSR count). The van der Waals surface area contributed by atoms with E-state index in [2.05, 4.69) is 16.4 Å². The molecular weight excluding hydrogens is 274 g/mol. The molecule has 3 N–H and O–H groups in total. The summed E-state index contributed by atoms with van der Waals surface area (Å²) >= 11 is 5.85. The summed E-state index contributed by atoms with van der Waals surface area (Å²) < 4.78 is 1.67. The predicted octanol–water partition coefficient (Wildman–Crippen LogP) is 2.41. The number of nitriles is 1. The highest BCUT2D eigenvalue weighted by molar-refractivity contribution is 6.30. The zero-order chi connectivity index (χ0) is 14.7. The molecule has 0 saturated heterocycles. The van der Waals surface area contributed by atoms with Crippen LogP contribution in [0.4, 0.5) is 17.2 Å². The normalized spacial score (nSPS) is 11.2. The van der Waals surface area contributed by atoms with E-state index in [0.717, 1.165) is 0 Å². The van der Waals surface area contributed by atoms with Gasteiger partial charge in [0.15, 0.2) is 5.49 Å². The Labute approximate surface area is 121 Å². The van der Waals surface area contributed by atoms with E-state index in [0.29, 0.717) is 33.3 Å². The van der Waals surface area contributed by atoms with Crippen LogP contribution in [0, 0.1) is 11.3 Å². The Morgan fingerprint density at radius 1 is 1.35 bits per heavy atom. The van der Waals surface area contributed by atoms with E-state index in [4.69, 9.17) is 17.3 Å². The molecule has 102 valence electrons. The fourth-order valence-electron chi connectivity index (χ4n) is 1.80. The topological polar surface area (TPSA) is 79.1 Å². The molecule has 6 heteroatoms. The SMILES string of the molecule is CNc1cc(N)n(C)c(=Nc2ccc(Cl)cc2)c1C#N. The third-order valence-electron chi connectivity index (χ3n) is 2.93. The molecule has 1 aromatic heterocycles. The van der Waals surface area contributed by atoms with Crippen molar-refractivity contribution in [3.8, 4) is 6.07 Å². The van der Waals surface area contributed by atoms with Crippen LogP contribution in [-0.2, 0) is 7.05 Å². The molecule has 0 radical (unpaired) electrons. The Morgan fingerprint density at radius 3 is 2.55 bits per heavy atom. The fraction of sp³-hybridized carbons (Fsp3) is 0.143.